The van der Waals surface area contributed by atoms with Gasteiger partial charge >= 0.3 is 0 Å². The van der Waals surface area contributed by atoms with E-state index in [0.29, 0.717) is 10.9 Å². The van der Waals surface area contributed by atoms with Crippen LogP contribution in [0.5, 0.6) is 11.5 Å². The summed E-state index contributed by atoms with van der Waals surface area (Å²) in [6, 6.07) is 5.55. The Labute approximate surface area is 111 Å². The van der Waals surface area contributed by atoms with Gasteiger partial charge in [0.15, 0.2) is 5.17 Å². The van der Waals surface area contributed by atoms with Gasteiger partial charge in [0.1, 0.15) is 11.5 Å². The van der Waals surface area contributed by atoms with Crippen molar-refractivity contribution in [2.45, 2.75) is 0 Å². The van der Waals surface area contributed by atoms with Crippen molar-refractivity contribution in [1.82, 2.24) is 0 Å². The van der Waals surface area contributed by atoms with Gasteiger partial charge in [0, 0.05) is 24.0 Å². The van der Waals surface area contributed by atoms with E-state index < -0.39 is 0 Å². The fraction of sp³-hybridized carbons (Fsp3) is 0.231. The molecule has 0 saturated carbocycles. The number of ether oxygens (including phenoxy) is 2. The molecule has 0 aliphatic heterocycles. The molecule has 0 N–H and O–H groups in total. The molecule has 0 atom stereocenters. The van der Waals surface area contributed by atoms with Gasteiger partial charge in [-0.25, -0.2) is 9.98 Å². The summed E-state index contributed by atoms with van der Waals surface area (Å²) < 4.78 is 10.4. The zero-order valence-corrected chi connectivity index (χ0v) is 11.5. The molecule has 0 spiro atoms. The summed E-state index contributed by atoms with van der Waals surface area (Å²) in [7, 11) is 3.23. The van der Waals surface area contributed by atoms with Gasteiger partial charge in [-0.15, -0.1) is 0 Å². The molecule has 0 heterocycles. The largest absolute Gasteiger partial charge is 0.497 e. The number of amidine groups is 1. The lowest BCUT2D eigenvalue weighted by atomic mass is 10.2. The molecule has 1 aromatic carbocycles. The summed E-state index contributed by atoms with van der Waals surface area (Å²) in [6.07, 6.45) is 5.08. The molecule has 0 bridgehead atoms. The predicted molar refractivity (Wildman–Crippen MR) is 78.3 cm³/mol. The first-order valence-corrected chi connectivity index (χ1v) is 6.46. The molecule has 0 saturated heterocycles. The van der Waals surface area contributed by atoms with E-state index in [9.17, 15) is 0 Å². The third-order valence-electron chi connectivity index (χ3n) is 2.14. The van der Waals surface area contributed by atoms with Gasteiger partial charge in [0.25, 0.3) is 0 Å². The Balaban J connectivity index is 2.99. The molecule has 5 heteroatoms. The topological polar surface area (TPSA) is 43.2 Å². The molecule has 0 amide bonds. The highest BCUT2D eigenvalue weighted by molar-refractivity contribution is 8.13. The van der Waals surface area contributed by atoms with Crippen LogP contribution in [0.2, 0.25) is 0 Å². The molecule has 0 aliphatic rings. The first-order valence-electron chi connectivity index (χ1n) is 5.24. The molecule has 96 valence electrons. The predicted octanol–water partition coefficient (Wildman–Crippen LogP) is 2.99. The van der Waals surface area contributed by atoms with E-state index in [0.717, 1.165) is 11.3 Å². The Hall–Kier alpha value is -1.75. The normalized spacial score (nSPS) is 11.6. The standard InChI is InChI=1S/C13H16N2O2S/c1-5-14-13(18-4)15-9-10-6-7-11(16-2)8-12(10)17-3/h5-9H,1H2,2-4H3/b14-13?,15-9+. The number of benzene rings is 1. The van der Waals surface area contributed by atoms with Crippen LogP contribution in [-0.2, 0) is 0 Å². The maximum atomic E-state index is 5.28. The maximum absolute atomic E-state index is 5.28. The Morgan fingerprint density at radius 1 is 1.33 bits per heavy atom. The smallest absolute Gasteiger partial charge is 0.187 e. The monoisotopic (exact) mass is 264 g/mol. The SMILES string of the molecule is C=CN=C(/N=C/c1ccc(OC)cc1OC)SC. The van der Waals surface area contributed by atoms with E-state index >= 15 is 0 Å². The average Bonchev–Trinajstić information content (AvgIpc) is 2.43. The van der Waals surface area contributed by atoms with E-state index in [4.69, 9.17) is 9.47 Å². The van der Waals surface area contributed by atoms with Crippen LogP contribution < -0.4 is 9.47 Å². The third kappa shape index (κ3) is 3.92. The molecule has 0 aliphatic carbocycles. The molecule has 1 aromatic rings. The lowest BCUT2D eigenvalue weighted by Crippen LogP contribution is -1.94. The van der Waals surface area contributed by atoms with Crippen molar-refractivity contribution >= 4 is 23.1 Å². The van der Waals surface area contributed by atoms with Crippen molar-refractivity contribution < 1.29 is 9.47 Å². The lowest BCUT2D eigenvalue weighted by Gasteiger charge is -2.06. The van der Waals surface area contributed by atoms with E-state index in [1.165, 1.54) is 18.0 Å². The summed E-state index contributed by atoms with van der Waals surface area (Å²) >= 11 is 1.45. The summed E-state index contributed by atoms with van der Waals surface area (Å²) in [5, 5.41) is 0.642. The van der Waals surface area contributed by atoms with Crippen molar-refractivity contribution in [2.75, 3.05) is 20.5 Å². The number of nitrogens with zero attached hydrogens (tertiary/aromatic N) is 2. The molecule has 1 rings (SSSR count). The number of hydrogen-bond donors (Lipinski definition) is 0. The molecule has 0 unspecified atom stereocenters. The molecule has 4 nitrogen and oxygen atoms in total. The van der Waals surface area contributed by atoms with Gasteiger partial charge in [-0.1, -0.05) is 18.3 Å². The minimum Gasteiger partial charge on any atom is -0.497 e. The van der Waals surface area contributed by atoms with Crippen molar-refractivity contribution in [3.8, 4) is 11.5 Å². The second-order valence-electron chi connectivity index (χ2n) is 3.16. The molecule has 18 heavy (non-hydrogen) atoms. The molecule has 0 radical (unpaired) electrons. The van der Waals surface area contributed by atoms with Crippen LogP contribution in [0, 0.1) is 0 Å². The minimum absolute atomic E-state index is 0.642. The van der Waals surface area contributed by atoms with Crippen LogP contribution in [0.1, 0.15) is 5.56 Å². The minimum atomic E-state index is 0.642. The van der Waals surface area contributed by atoms with Crippen molar-refractivity contribution in [1.29, 1.82) is 0 Å². The second-order valence-corrected chi connectivity index (χ2v) is 3.94. The molecule has 0 fully saturated rings. The summed E-state index contributed by atoms with van der Waals surface area (Å²) in [5.74, 6) is 1.45. The Morgan fingerprint density at radius 2 is 2.11 bits per heavy atom. The highest BCUT2D eigenvalue weighted by atomic mass is 32.2. The Kier molecular flexibility index (Phi) is 6.00. The first-order chi connectivity index (χ1) is 8.74. The molecular formula is C13H16N2O2S. The number of aliphatic imine (C=N–C) groups is 2. The fourth-order valence-corrected chi connectivity index (χ4v) is 1.60. The van der Waals surface area contributed by atoms with Crippen LogP contribution in [0.15, 0.2) is 41.0 Å². The average molecular weight is 264 g/mol. The summed E-state index contributed by atoms with van der Waals surface area (Å²) in [4.78, 5) is 8.29. The maximum Gasteiger partial charge on any atom is 0.187 e. The number of rotatable bonds is 4. The van der Waals surface area contributed by atoms with Gasteiger partial charge in [0.2, 0.25) is 0 Å². The lowest BCUT2D eigenvalue weighted by molar-refractivity contribution is 0.394. The van der Waals surface area contributed by atoms with Crippen LogP contribution in [0.4, 0.5) is 0 Å². The quantitative estimate of drug-likeness (QED) is 0.620. The molecular weight excluding hydrogens is 248 g/mol. The Bertz CT molecular complexity index is 470. The van der Waals surface area contributed by atoms with Gasteiger partial charge in [-0.2, -0.15) is 0 Å². The second kappa shape index (κ2) is 7.55. The van der Waals surface area contributed by atoms with E-state index in [1.54, 1.807) is 20.4 Å². The van der Waals surface area contributed by atoms with Crippen molar-refractivity contribution in [3.05, 3.63) is 36.5 Å². The Morgan fingerprint density at radius 3 is 2.67 bits per heavy atom. The van der Waals surface area contributed by atoms with Gasteiger partial charge in [0.05, 0.1) is 14.2 Å². The van der Waals surface area contributed by atoms with E-state index in [2.05, 4.69) is 16.6 Å². The highest BCUT2D eigenvalue weighted by Crippen LogP contribution is 2.23. The number of methoxy groups -OCH3 is 2. The molecule has 0 aromatic heterocycles. The third-order valence-corrected chi connectivity index (χ3v) is 2.71. The van der Waals surface area contributed by atoms with Crippen LogP contribution >= 0.6 is 11.8 Å². The summed E-state index contributed by atoms with van der Waals surface area (Å²) in [6.45, 7) is 3.54. The highest BCUT2D eigenvalue weighted by Gasteiger charge is 2.02. The zero-order valence-electron chi connectivity index (χ0n) is 10.7. The van der Waals surface area contributed by atoms with Gasteiger partial charge in [-0.05, 0) is 18.4 Å². The van der Waals surface area contributed by atoms with Crippen LogP contribution in [0.25, 0.3) is 0 Å². The first kappa shape index (κ1) is 14.3. The summed E-state index contributed by atoms with van der Waals surface area (Å²) in [5.41, 5.74) is 0.865. The van der Waals surface area contributed by atoms with Crippen molar-refractivity contribution in [2.24, 2.45) is 9.98 Å². The number of thioether (sulfide) groups is 1. The van der Waals surface area contributed by atoms with Crippen LogP contribution in [0.3, 0.4) is 0 Å². The number of hydrogen-bond acceptors (Lipinski definition) is 4. The fourth-order valence-electron chi connectivity index (χ4n) is 1.27. The van der Waals surface area contributed by atoms with Crippen LogP contribution in [-0.4, -0.2) is 31.9 Å². The van der Waals surface area contributed by atoms with Gasteiger partial charge in [-0.3, -0.25) is 0 Å². The van der Waals surface area contributed by atoms with Gasteiger partial charge < -0.3 is 9.47 Å². The zero-order chi connectivity index (χ0) is 13.4. The van der Waals surface area contributed by atoms with E-state index in [1.807, 2.05) is 24.5 Å². The van der Waals surface area contributed by atoms with Crippen molar-refractivity contribution in [3.63, 3.8) is 0 Å². The van der Waals surface area contributed by atoms with E-state index in [-0.39, 0.29) is 0 Å².